The summed E-state index contributed by atoms with van der Waals surface area (Å²) in [6.07, 6.45) is 9.07. The van der Waals surface area contributed by atoms with Gasteiger partial charge in [-0.15, -0.1) is 6.42 Å². The Bertz CT molecular complexity index is 1210. The van der Waals surface area contributed by atoms with Crippen molar-refractivity contribution in [2.24, 2.45) is 0 Å². The number of anilines is 1. The van der Waals surface area contributed by atoms with Gasteiger partial charge in [-0.25, -0.2) is 13.2 Å². The molecule has 0 saturated heterocycles. The second kappa shape index (κ2) is 11.4. The van der Waals surface area contributed by atoms with Gasteiger partial charge < -0.3 is 15.4 Å². The lowest BCUT2D eigenvalue weighted by atomic mass is 10.1. The quantitative estimate of drug-likeness (QED) is 0.370. The third-order valence-corrected chi connectivity index (χ3v) is 6.61. The summed E-state index contributed by atoms with van der Waals surface area (Å²) in [6.45, 7) is -0.818. The van der Waals surface area contributed by atoms with E-state index in [1.54, 1.807) is 24.3 Å². The molecule has 1 aliphatic carbocycles. The summed E-state index contributed by atoms with van der Waals surface area (Å²) < 4.78 is 31.6. The minimum Gasteiger partial charge on any atom is -0.452 e. The third-order valence-electron chi connectivity index (χ3n) is 5.21. The summed E-state index contributed by atoms with van der Waals surface area (Å²) in [5, 5.41) is 5.55. The van der Waals surface area contributed by atoms with Gasteiger partial charge in [-0.2, -0.15) is 4.72 Å². The van der Waals surface area contributed by atoms with E-state index >= 15 is 0 Å². The lowest BCUT2D eigenvalue weighted by molar-refractivity contribution is -0.119. The van der Waals surface area contributed by atoms with E-state index in [0.717, 1.165) is 31.7 Å². The molecule has 0 aromatic heterocycles. The molecule has 2 amide bonds. The van der Waals surface area contributed by atoms with Gasteiger partial charge in [0.2, 0.25) is 10.0 Å². The fraction of sp³-hybridized carbons (Fsp3) is 0.292. The van der Waals surface area contributed by atoms with E-state index in [1.807, 2.05) is 0 Å². The van der Waals surface area contributed by atoms with E-state index in [0.29, 0.717) is 11.3 Å². The van der Waals surface area contributed by atoms with Crippen LogP contribution in [0.4, 0.5) is 5.69 Å². The lowest BCUT2D eigenvalue weighted by Gasteiger charge is -2.15. The van der Waals surface area contributed by atoms with E-state index in [-0.39, 0.29) is 29.0 Å². The predicted molar refractivity (Wildman–Crippen MR) is 126 cm³/mol. The maximum atomic E-state index is 12.6. The van der Waals surface area contributed by atoms with E-state index in [9.17, 15) is 22.8 Å². The molecule has 0 heterocycles. The van der Waals surface area contributed by atoms with Gasteiger partial charge in [0.05, 0.1) is 28.3 Å². The zero-order chi connectivity index (χ0) is 24.6. The number of carbonyl (C=O) groups is 3. The van der Waals surface area contributed by atoms with Gasteiger partial charge in [0, 0.05) is 6.04 Å². The van der Waals surface area contributed by atoms with Crippen LogP contribution in [0.5, 0.6) is 0 Å². The first-order chi connectivity index (χ1) is 16.3. The molecular formula is C24H25N3O6S. The summed E-state index contributed by atoms with van der Waals surface area (Å²) in [5.74, 6) is 0.357. The fourth-order valence-electron chi connectivity index (χ4n) is 3.53. The van der Waals surface area contributed by atoms with Gasteiger partial charge in [0.1, 0.15) is 0 Å². The number of sulfonamides is 1. The number of ether oxygens (including phenoxy) is 1. The zero-order valence-electron chi connectivity index (χ0n) is 18.4. The molecule has 0 bridgehead atoms. The standard InChI is InChI=1S/C24H25N3O6S/c1-2-14-25-34(31,32)19-11-7-8-17(15-19)24(30)33-16-22(28)27-21-13-6-5-12-20(21)23(29)26-18-9-3-4-10-18/h1,5-8,11-13,15,18,25H,3-4,9-10,14,16H2,(H,26,29)(H,27,28). The molecule has 0 radical (unpaired) electrons. The molecule has 178 valence electrons. The highest BCUT2D eigenvalue weighted by molar-refractivity contribution is 7.89. The van der Waals surface area contributed by atoms with Crippen molar-refractivity contribution in [2.45, 2.75) is 36.6 Å². The van der Waals surface area contributed by atoms with Crippen molar-refractivity contribution in [1.82, 2.24) is 10.0 Å². The molecule has 0 atom stereocenters. The van der Waals surface area contributed by atoms with Crippen molar-refractivity contribution >= 4 is 33.5 Å². The summed E-state index contributed by atoms with van der Waals surface area (Å²) in [4.78, 5) is 37.2. The minimum absolute atomic E-state index is 0.0484. The Labute approximate surface area is 198 Å². The van der Waals surface area contributed by atoms with Crippen molar-refractivity contribution < 1.29 is 27.5 Å². The topological polar surface area (TPSA) is 131 Å². The van der Waals surface area contributed by atoms with Crippen LogP contribution in [0, 0.1) is 12.3 Å². The second-order valence-electron chi connectivity index (χ2n) is 7.68. The van der Waals surface area contributed by atoms with Crippen LogP contribution in [-0.4, -0.2) is 45.4 Å². The molecule has 1 aliphatic rings. The van der Waals surface area contributed by atoms with Crippen molar-refractivity contribution in [3.63, 3.8) is 0 Å². The Kier molecular flexibility index (Phi) is 8.40. The average molecular weight is 484 g/mol. The first-order valence-corrected chi connectivity index (χ1v) is 12.2. The molecule has 10 heteroatoms. The third kappa shape index (κ3) is 6.66. The molecule has 9 nitrogen and oxygen atoms in total. The summed E-state index contributed by atoms with van der Waals surface area (Å²) in [5.41, 5.74) is 0.561. The molecule has 0 spiro atoms. The van der Waals surface area contributed by atoms with Crippen LogP contribution in [0.25, 0.3) is 0 Å². The van der Waals surface area contributed by atoms with E-state index in [1.165, 1.54) is 18.2 Å². The molecule has 2 aromatic carbocycles. The van der Waals surface area contributed by atoms with Crippen molar-refractivity contribution in [3.8, 4) is 12.3 Å². The monoisotopic (exact) mass is 483 g/mol. The van der Waals surface area contributed by atoms with Gasteiger partial charge in [-0.3, -0.25) is 9.59 Å². The Morgan fingerprint density at radius 2 is 1.79 bits per heavy atom. The molecule has 0 aliphatic heterocycles. The Morgan fingerprint density at radius 1 is 1.06 bits per heavy atom. The van der Waals surface area contributed by atoms with Gasteiger partial charge in [0.25, 0.3) is 11.8 Å². The van der Waals surface area contributed by atoms with Crippen molar-refractivity contribution in [2.75, 3.05) is 18.5 Å². The number of hydrogen-bond donors (Lipinski definition) is 3. The van der Waals surface area contributed by atoms with E-state index in [4.69, 9.17) is 11.2 Å². The van der Waals surface area contributed by atoms with Crippen LogP contribution in [0.2, 0.25) is 0 Å². The van der Waals surface area contributed by atoms with Crippen LogP contribution in [0.3, 0.4) is 0 Å². The minimum atomic E-state index is -3.89. The van der Waals surface area contributed by atoms with E-state index < -0.39 is 28.5 Å². The molecule has 3 N–H and O–H groups in total. The number of terminal acetylenes is 1. The van der Waals surface area contributed by atoms with Crippen molar-refractivity contribution in [1.29, 1.82) is 0 Å². The molecular weight excluding hydrogens is 458 g/mol. The van der Waals surface area contributed by atoms with Crippen LogP contribution in [0.1, 0.15) is 46.4 Å². The molecule has 3 rings (SSSR count). The molecule has 0 unspecified atom stereocenters. The zero-order valence-corrected chi connectivity index (χ0v) is 19.2. The van der Waals surface area contributed by atoms with Gasteiger partial charge in [-0.05, 0) is 43.2 Å². The van der Waals surface area contributed by atoms with Gasteiger partial charge in [0.15, 0.2) is 6.61 Å². The van der Waals surface area contributed by atoms with Crippen LogP contribution >= 0.6 is 0 Å². The SMILES string of the molecule is C#CCNS(=O)(=O)c1cccc(C(=O)OCC(=O)Nc2ccccc2C(=O)NC2CCCC2)c1. The number of para-hydroxylation sites is 1. The largest absolute Gasteiger partial charge is 0.452 e. The highest BCUT2D eigenvalue weighted by Crippen LogP contribution is 2.20. The van der Waals surface area contributed by atoms with Crippen molar-refractivity contribution in [3.05, 3.63) is 59.7 Å². The number of hydrogen-bond acceptors (Lipinski definition) is 6. The Morgan fingerprint density at radius 3 is 2.53 bits per heavy atom. The van der Waals surface area contributed by atoms with Crippen LogP contribution in [-0.2, 0) is 19.6 Å². The normalized spacial score (nSPS) is 13.6. The number of esters is 1. The smallest absolute Gasteiger partial charge is 0.338 e. The number of rotatable bonds is 9. The number of nitrogens with one attached hydrogen (secondary N) is 3. The molecule has 34 heavy (non-hydrogen) atoms. The number of benzene rings is 2. The first kappa shape index (κ1) is 25.0. The Hall–Kier alpha value is -3.68. The van der Waals surface area contributed by atoms with Crippen LogP contribution in [0.15, 0.2) is 53.4 Å². The maximum Gasteiger partial charge on any atom is 0.338 e. The first-order valence-electron chi connectivity index (χ1n) is 10.7. The lowest BCUT2D eigenvalue weighted by Crippen LogP contribution is -2.33. The summed E-state index contributed by atoms with van der Waals surface area (Å²) in [6, 6.07) is 11.8. The van der Waals surface area contributed by atoms with E-state index in [2.05, 4.69) is 21.3 Å². The second-order valence-corrected chi connectivity index (χ2v) is 9.45. The van der Waals surface area contributed by atoms with Gasteiger partial charge >= 0.3 is 5.97 Å². The number of carbonyl (C=O) groups excluding carboxylic acids is 3. The molecule has 1 saturated carbocycles. The average Bonchev–Trinajstić information content (AvgIpc) is 3.34. The fourth-order valence-corrected chi connectivity index (χ4v) is 4.51. The number of amides is 2. The highest BCUT2D eigenvalue weighted by Gasteiger charge is 2.21. The summed E-state index contributed by atoms with van der Waals surface area (Å²) >= 11 is 0. The molecule has 2 aromatic rings. The Balaban J connectivity index is 1.60. The molecule has 1 fully saturated rings. The van der Waals surface area contributed by atoms with Crippen LogP contribution < -0.4 is 15.4 Å². The summed E-state index contributed by atoms with van der Waals surface area (Å²) in [7, 11) is -3.89. The highest BCUT2D eigenvalue weighted by atomic mass is 32.2. The van der Waals surface area contributed by atoms with Gasteiger partial charge in [-0.1, -0.05) is 37.0 Å². The predicted octanol–water partition coefficient (Wildman–Crippen LogP) is 2.07. The maximum absolute atomic E-state index is 12.6.